The van der Waals surface area contributed by atoms with Crippen LogP contribution in [-0.2, 0) is 17.1 Å². The number of rotatable bonds is 3. The molecule has 0 aliphatic carbocycles. The summed E-state index contributed by atoms with van der Waals surface area (Å²) in [6, 6.07) is 22.3. The van der Waals surface area contributed by atoms with Gasteiger partial charge in [0.15, 0.2) is 0 Å². The second-order valence-electron chi connectivity index (χ2n) is 4.66. The van der Waals surface area contributed by atoms with Crippen molar-refractivity contribution in [3.8, 4) is 0 Å². The minimum Gasteiger partial charge on any atom is -0.346 e. The van der Waals surface area contributed by atoms with Gasteiger partial charge in [0.1, 0.15) is 0 Å². The number of amides is 1. The van der Waals surface area contributed by atoms with E-state index in [0.717, 1.165) is 0 Å². The molecule has 0 saturated heterocycles. The molecule has 0 aromatic heterocycles. The first kappa shape index (κ1) is 21.1. The average molecular weight is 405 g/mol. The molecule has 7 heteroatoms. The first-order chi connectivity index (χ1) is 11.4. The van der Waals surface area contributed by atoms with Crippen LogP contribution in [-0.4, -0.2) is 11.4 Å². The third kappa shape index (κ3) is 8.11. The maximum atomic E-state index is 12.1. The zero-order chi connectivity index (χ0) is 17.4. The smallest absolute Gasteiger partial charge is 0.346 e. The van der Waals surface area contributed by atoms with Crippen LogP contribution < -0.4 is 5.32 Å². The van der Waals surface area contributed by atoms with Crippen molar-refractivity contribution in [1.29, 1.82) is 0 Å². The van der Waals surface area contributed by atoms with Crippen LogP contribution in [0.15, 0.2) is 83.8 Å². The van der Waals surface area contributed by atoms with Gasteiger partial charge in [-0.1, -0.05) is 5.69 Å². The topological polar surface area (TPSA) is 29.1 Å². The molecule has 3 rings (SSSR count). The van der Waals surface area contributed by atoms with Crippen LogP contribution in [0.5, 0.6) is 0 Å². The first-order valence-corrected chi connectivity index (χ1v) is 7.81. The van der Waals surface area contributed by atoms with E-state index in [9.17, 15) is 18.0 Å². The van der Waals surface area contributed by atoms with Crippen molar-refractivity contribution in [2.75, 3.05) is 5.32 Å². The van der Waals surface area contributed by atoms with Crippen LogP contribution in [0.2, 0.25) is 0 Å². The van der Waals surface area contributed by atoms with E-state index in [1.165, 1.54) is 24.3 Å². The fraction of sp³-hybridized carbons (Fsp3) is 0.0556. The fourth-order valence-corrected chi connectivity index (χ4v) is 2.33. The van der Waals surface area contributed by atoms with Crippen molar-refractivity contribution in [2.45, 2.75) is 10.4 Å². The molecule has 0 radical (unpaired) electrons. The molecule has 132 valence electrons. The summed E-state index contributed by atoms with van der Waals surface area (Å²) in [4.78, 5) is 11.8. The predicted molar refractivity (Wildman–Crippen MR) is 90.4 cm³/mol. The number of carbonyl (C=O) groups excluding carboxylic acids is 1. The number of hydrogen-bond acceptors (Lipinski definition) is 2. The molecule has 0 unspecified atom stereocenters. The van der Waals surface area contributed by atoms with Gasteiger partial charge in [-0.05, 0) is 36.0 Å². The van der Waals surface area contributed by atoms with Gasteiger partial charge in [-0.2, -0.15) is 43.5 Å². The van der Waals surface area contributed by atoms with E-state index < -0.39 is 5.51 Å². The summed E-state index contributed by atoms with van der Waals surface area (Å²) in [5.74, 6) is -0.352. The molecule has 0 bridgehead atoms. The maximum absolute atomic E-state index is 12.1. The standard InChI is InChI=1S/C13H9F3NOS.C5H5.Fe/c14-13(15,16)19-11-7-5-9(6-8-11)12(18)17-10-3-1-2-4-10;1-2-4-5-3-1;/h1-8H,(H,17,18);1-5H;/q2*-1;+2. The van der Waals surface area contributed by atoms with Crippen molar-refractivity contribution in [1.82, 2.24) is 0 Å². The van der Waals surface area contributed by atoms with Gasteiger partial charge in [0.25, 0.3) is 5.91 Å². The Labute approximate surface area is 158 Å². The molecule has 0 spiro atoms. The van der Waals surface area contributed by atoms with Gasteiger partial charge < -0.3 is 5.32 Å². The van der Waals surface area contributed by atoms with Gasteiger partial charge in [-0.15, -0.1) is 6.07 Å². The summed E-state index contributed by atoms with van der Waals surface area (Å²) in [5, 5.41) is 2.64. The van der Waals surface area contributed by atoms with Gasteiger partial charge in [-0.3, -0.25) is 4.79 Å². The number of hydrogen-bond donors (Lipinski definition) is 1. The van der Waals surface area contributed by atoms with E-state index in [2.05, 4.69) is 5.32 Å². The Hall–Kier alpha value is -1.95. The summed E-state index contributed by atoms with van der Waals surface area (Å²) in [6.45, 7) is 0. The molecular weight excluding hydrogens is 391 g/mol. The van der Waals surface area contributed by atoms with E-state index in [0.29, 0.717) is 11.3 Å². The molecule has 0 saturated carbocycles. The van der Waals surface area contributed by atoms with Gasteiger partial charge in [0.05, 0.1) is 0 Å². The van der Waals surface area contributed by atoms with Crippen molar-refractivity contribution in [3.63, 3.8) is 0 Å². The van der Waals surface area contributed by atoms with Crippen molar-refractivity contribution in [3.05, 3.63) is 84.4 Å². The Morgan fingerprint density at radius 2 is 1.60 bits per heavy atom. The van der Waals surface area contributed by atoms with Gasteiger partial charge in [0, 0.05) is 10.5 Å². The number of benzene rings is 1. The second-order valence-corrected chi connectivity index (χ2v) is 5.80. The summed E-state index contributed by atoms with van der Waals surface area (Å²) in [7, 11) is 0. The van der Waals surface area contributed by atoms with E-state index in [1.54, 1.807) is 24.3 Å². The van der Waals surface area contributed by atoms with Crippen LogP contribution in [0.1, 0.15) is 10.4 Å². The predicted octanol–water partition coefficient (Wildman–Crippen LogP) is 5.67. The molecule has 25 heavy (non-hydrogen) atoms. The third-order valence-corrected chi connectivity index (χ3v) is 3.57. The van der Waals surface area contributed by atoms with E-state index >= 15 is 0 Å². The van der Waals surface area contributed by atoms with E-state index in [4.69, 9.17) is 0 Å². The normalized spacial score (nSPS) is 10.2. The summed E-state index contributed by atoms with van der Waals surface area (Å²) in [6.07, 6.45) is 0. The number of thioether (sulfide) groups is 1. The summed E-state index contributed by atoms with van der Waals surface area (Å²) >= 11 is -0.205. The Balaban J connectivity index is 0.000000448. The molecule has 0 atom stereocenters. The zero-order valence-corrected chi connectivity index (χ0v) is 14.7. The monoisotopic (exact) mass is 405 g/mol. The van der Waals surface area contributed by atoms with E-state index in [1.807, 2.05) is 30.3 Å². The third-order valence-electron chi connectivity index (χ3n) is 2.83. The average Bonchev–Trinajstić information content (AvgIpc) is 3.22. The summed E-state index contributed by atoms with van der Waals surface area (Å²) < 4.78 is 36.4. The first-order valence-electron chi connectivity index (χ1n) is 6.99. The number of alkyl halides is 3. The summed E-state index contributed by atoms with van der Waals surface area (Å²) in [5.41, 5.74) is -3.36. The minimum atomic E-state index is -4.32. The Bertz CT molecular complexity index is 706. The molecule has 0 aliphatic rings. The minimum absolute atomic E-state index is 0. The molecule has 0 aliphatic heterocycles. The van der Waals surface area contributed by atoms with Gasteiger partial charge in [-0.25, -0.2) is 18.2 Å². The maximum Gasteiger partial charge on any atom is 2.00 e. The number of carbonyl (C=O) groups is 1. The van der Waals surface area contributed by atoms with Gasteiger partial charge >= 0.3 is 22.6 Å². The van der Waals surface area contributed by atoms with Crippen LogP contribution in [0, 0.1) is 0 Å². The second kappa shape index (κ2) is 10.1. The Morgan fingerprint density at radius 3 is 2.04 bits per heavy atom. The van der Waals surface area contributed by atoms with Crippen LogP contribution in [0.3, 0.4) is 0 Å². The van der Waals surface area contributed by atoms with Crippen molar-refractivity contribution in [2.24, 2.45) is 0 Å². The van der Waals surface area contributed by atoms with Gasteiger partial charge in [0.2, 0.25) is 0 Å². The molecule has 3 aromatic rings. The number of nitrogens with one attached hydrogen (secondary N) is 1. The van der Waals surface area contributed by atoms with Crippen molar-refractivity contribution >= 4 is 23.4 Å². The van der Waals surface area contributed by atoms with Crippen LogP contribution in [0.25, 0.3) is 0 Å². The fourth-order valence-electron chi connectivity index (χ4n) is 1.79. The SMILES string of the molecule is O=C(Nc1ccc[cH-]1)c1ccc(SC(F)(F)F)cc1.[Fe+2].c1cc[cH-]c1. The number of anilines is 1. The molecule has 2 nitrogen and oxygen atoms in total. The quantitative estimate of drug-likeness (QED) is 0.346. The van der Waals surface area contributed by atoms with Crippen LogP contribution >= 0.6 is 11.8 Å². The molecule has 1 N–H and O–H groups in total. The molecule has 3 aromatic carbocycles. The largest absolute Gasteiger partial charge is 2.00 e. The van der Waals surface area contributed by atoms with E-state index in [-0.39, 0.29) is 39.6 Å². The molecule has 1 amide bonds. The zero-order valence-electron chi connectivity index (χ0n) is 12.8. The van der Waals surface area contributed by atoms with Crippen molar-refractivity contribution < 1.29 is 35.0 Å². The Morgan fingerprint density at radius 1 is 0.960 bits per heavy atom. The number of halogens is 3. The van der Waals surface area contributed by atoms with Crippen LogP contribution in [0.4, 0.5) is 18.9 Å². The Kier molecular flexibility index (Phi) is 8.55. The molecule has 0 heterocycles. The molecular formula is C18H14F3FeNOS. The molecule has 0 fully saturated rings.